The molecule has 0 aliphatic carbocycles. The highest BCUT2D eigenvalue weighted by Gasteiger charge is 2.28. The molecule has 0 amide bonds. The number of rotatable bonds is 3. The molecule has 0 saturated carbocycles. The smallest absolute Gasteiger partial charge is 0.0895 e. The molecular formula is C16H26N2O. The van der Waals surface area contributed by atoms with Crippen molar-refractivity contribution in [3.8, 4) is 0 Å². The third-order valence-electron chi connectivity index (χ3n) is 4.05. The number of hydrogen-bond donors (Lipinski definition) is 1. The first-order chi connectivity index (χ1) is 8.99. The van der Waals surface area contributed by atoms with Crippen molar-refractivity contribution in [3.63, 3.8) is 0 Å². The van der Waals surface area contributed by atoms with Gasteiger partial charge in [0.05, 0.1) is 18.8 Å². The summed E-state index contributed by atoms with van der Waals surface area (Å²) in [7, 11) is 0. The highest BCUT2D eigenvalue weighted by atomic mass is 16.5. The van der Waals surface area contributed by atoms with E-state index in [1.165, 1.54) is 16.7 Å². The van der Waals surface area contributed by atoms with E-state index < -0.39 is 0 Å². The Bertz CT molecular complexity index is 431. The zero-order chi connectivity index (χ0) is 14.0. The Morgan fingerprint density at radius 3 is 2.74 bits per heavy atom. The number of benzene rings is 1. The van der Waals surface area contributed by atoms with E-state index in [2.05, 4.69) is 50.8 Å². The molecule has 1 aromatic carbocycles. The molecule has 2 atom stereocenters. The van der Waals surface area contributed by atoms with E-state index in [1.54, 1.807) is 0 Å². The third kappa shape index (κ3) is 3.35. The maximum atomic E-state index is 6.45. The first-order valence-electron chi connectivity index (χ1n) is 7.17. The Hall–Kier alpha value is -0.900. The van der Waals surface area contributed by atoms with Crippen molar-refractivity contribution in [2.45, 2.75) is 45.9 Å². The van der Waals surface area contributed by atoms with Crippen LogP contribution in [0.3, 0.4) is 0 Å². The maximum Gasteiger partial charge on any atom is 0.0895 e. The average molecular weight is 262 g/mol. The van der Waals surface area contributed by atoms with Gasteiger partial charge >= 0.3 is 0 Å². The second kappa shape index (κ2) is 6.04. The molecule has 1 aliphatic rings. The number of nitrogens with zero attached hydrogens (tertiary/aromatic N) is 1. The van der Waals surface area contributed by atoms with Gasteiger partial charge < -0.3 is 10.5 Å². The molecule has 3 heteroatoms. The maximum absolute atomic E-state index is 6.45. The van der Waals surface area contributed by atoms with Crippen molar-refractivity contribution < 1.29 is 4.74 Å². The van der Waals surface area contributed by atoms with Crippen LogP contribution in [0.25, 0.3) is 0 Å². The van der Waals surface area contributed by atoms with Crippen LogP contribution in [0, 0.1) is 13.8 Å². The largest absolute Gasteiger partial charge is 0.374 e. The van der Waals surface area contributed by atoms with Crippen LogP contribution in [0.2, 0.25) is 0 Å². The fourth-order valence-corrected chi connectivity index (χ4v) is 2.70. The van der Waals surface area contributed by atoms with Gasteiger partial charge in [-0.05, 0) is 38.8 Å². The minimum atomic E-state index is -0.0403. The van der Waals surface area contributed by atoms with Gasteiger partial charge in [0.15, 0.2) is 0 Å². The molecule has 106 valence electrons. The summed E-state index contributed by atoms with van der Waals surface area (Å²) in [4.78, 5) is 2.44. The summed E-state index contributed by atoms with van der Waals surface area (Å²) in [6.45, 7) is 11.4. The lowest BCUT2D eigenvalue weighted by Gasteiger charge is -2.38. The summed E-state index contributed by atoms with van der Waals surface area (Å²) < 4.78 is 5.90. The fraction of sp³-hybridized carbons (Fsp3) is 0.625. The number of nitrogens with two attached hydrogens (primary N) is 1. The van der Waals surface area contributed by atoms with E-state index in [1.807, 2.05) is 0 Å². The van der Waals surface area contributed by atoms with Crippen molar-refractivity contribution in [3.05, 3.63) is 34.9 Å². The molecule has 2 unspecified atom stereocenters. The van der Waals surface area contributed by atoms with E-state index in [0.717, 1.165) is 19.7 Å². The van der Waals surface area contributed by atoms with Crippen molar-refractivity contribution in [1.29, 1.82) is 0 Å². The zero-order valence-corrected chi connectivity index (χ0v) is 12.5. The number of morpholine rings is 1. The van der Waals surface area contributed by atoms with Crippen LogP contribution in [0.1, 0.15) is 36.6 Å². The predicted molar refractivity (Wildman–Crippen MR) is 79.3 cm³/mol. The molecule has 0 aromatic heterocycles. The lowest BCUT2D eigenvalue weighted by molar-refractivity contribution is -0.0503. The molecule has 1 heterocycles. The summed E-state index contributed by atoms with van der Waals surface area (Å²) in [5.41, 5.74) is 10.2. The van der Waals surface area contributed by atoms with Gasteiger partial charge in [-0.1, -0.05) is 23.8 Å². The van der Waals surface area contributed by atoms with Crippen LogP contribution in [-0.4, -0.2) is 36.7 Å². The van der Waals surface area contributed by atoms with Gasteiger partial charge in [0.2, 0.25) is 0 Å². The highest BCUT2D eigenvalue weighted by molar-refractivity contribution is 5.33. The first kappa shape index (κ1) is 14.5. The molecule has 1 aromatic rings. The molecule has 0 bridgehead atoms. The Kier molecular flexibility index (Phi) is 4.61. The molecule has 0 spiro atoms. The molecule has 0 radical (unpaired) electrons. The van der Waals surface area contributed by atoms with Gasteiger partial charge in [-0.2, -0.15) is 0 Å². The topological polar surface area (TPSA) is 38.5 Å². The molecule has 2 rings (SSSR count). The van der Waals surface area contributed by atoms with Crippen LogP contribution in [0.5, 0.6) is 0 Å². The van der Waals surface area contributed by atoms with Gasteiger partial charge in [-0.15, -0.1) is 0 Å². The molecule has 19 heavy (non-hydrogen) atoms. The molecular weight excluding hydrogens is 236 g/mol. The van der Waals surface area contributed by atoms with Crippen molar-refractivity contribution >= 4 is 0 Å². The summed E-state index contributed by atoms with van der Waals surface area (Å²) in [5.74, 6) is 0. The van der Waals surface area contributed by atoms with Crippen LogP contribution < -0.4 is 5.73 Å². The Labute approximate surface area is 116 Å². The molecule has 2 N–H and O–H groups in total. The predicted octanol–water partition coefficient (Wildman–Crippen LogP) is 2.41. The Morgan fingerprint density at radius 1 is 1.32 bits per heavy atom. The zero-order valence-electron chi connectivity index (χ0n) is 12.5. The molecule has 3 nitrogen and oxygen atoms in total. The third-order valence-corrected chi connectivity index (χ3v) is 4.05. The summed E-state index contributed by atoms with van der Waals surface area (Å²) in [6, 6.07) is 6.98. The van der Waals surface area contributed by atoms with E-state index in [-0.39, 0.29) is 12.1 Å². The number of aryl methyl sites for hydroxylation is 2. The van der Waals surface area contributed by atoms with Crippen molar-refractivity contribution in [2.75, 3.05) is 19.7 Å². The van der Waals surface area contributed by atoms with Crippen LogP contribution in [-0.2, 0) is 4.74 Å². The number of hydrogen-bond acceptors (Lipinski definition) is 3. The van der Waals surface area contributed by atoms with E-state index >= 15 is 0 Å². The molecule has 1 aliphatic heterocycles. The van der Waals surface area contributed by atoms with Crippen molar-refractivity contribution in [1.82, 2.24) is 4.90 Å². The van der Waals surface area contributed by atoms with Crippen LogP contribution in [0.15, 0.2) is 18.2 Å². The highest BCUT2D eigenvalue weighted by Crippen LogP contribution is 2.24. The van der Waals surface area contributed by atoms with Gasteiger partial charge in [0, 0.05) is 19.1 Å². The van der Waals surface area contributed by atoms with Crippen LogP contribution >= 0.6 is 0 Å². The van der Waals surface area contributed by atoms with Crippen LogP contribution in [0.4, 0.5) is 0 Å². The lowest BCUT2D eigenvalue weighted by Crippen LogP contribution is -2.49. The Morgan fingerprint density at radius 2 is 2.05 bits per heavy atom. The van der Waals surface area contributed by atoms with Crippen molar-refractivity contribution in [2.24, 2.45) is 5.73 Å². The minimum Gasteiger partial charge on any atom is -0.374 e. The average Bonchev–Trinajstić information content (AvgIpc) is 2.41. The summed E-state index contributed by atoms with van der Waals surface area (Å²) >= 11 is 0. The SMILES string of the molecule is Cc1ccc(C)c(C(N)C2CN(C(C)C)CCO2)c1. The monoisotopic (exact) mass is 262 g/mol. The van der Waals surface area contributed by atoms with Gasteiger partial charge in [0.1, 0.15) is 0 Å². The fourth-order valence-electron chi connectivity index (χ4n) is 2.70. The van der Waals surface area contributed by atoms with E-state index in [9.17, 15) is 0 Å². The first-order valence-corrected chi connectivity index (χ1v) is 7.17. The quantitative estimate of drug-likeness (QED) is 0.909. The van der Waals surface area contributed by atoms with Gasteiger partial charge in [-0.3, -0.25) is 4.90 Å². The number of ether oxygens (including phenoxy) is 1. The molecule has 1 saturated heterocycles. The lowest BCUT2D eigenvalue weighted by atomic mass is 9.95. The second-order valence-electron chi connectivity index (χ2n) is 5.88. The van der Waals surface area contributed by atoms with E-state index in [4.69, 9.17) is 10.5 Å². The standard InChI is InChI=1S/C16H26N2O/c1-11(2)18-7-8-19-15(10-18)16(17)14-9-12(3)5-6-13(14)4/h5-6,9,11,15-16H,7-8,10,17H2,1-4H3. The molecule has 1 fully saturated rings. The summed E-state index contributed by atoms with van der Waals surface area (Å²) in [6.07, 6.45) is 0.0941. The Balaban J connectivity index is 2.14. The second-order valence-corrected chi connectivity index (χ2v) is 5.88. The summed E-state index contributed by atoms with van der Waals surface area (Å²) in [5, 5.41) is 0. The minimum absolute atomic E-state index is 0.0403. The van der Waals surface area contributed by atoms with Gasteiger partial charge in [0.25, 0.3) is 0 Å². The van der Waals surface area contributed by atoms with E-state index in [0.29, 0.717) is 6.04 Å². The van der Waals surface area contributed by atoms with Gasteiger partial charge in [-0.25, -0.2) is 0 Å². The normalized spacial score (nSPS) is 22.7.